The van der Waals surface area contributed by atoms with E-state index in [-0.39, 0.29) is 11.6 Å². The average Bonchev–Trinajstić information content (AvgIpc) is 2.61. The van der Waals surface area contributed by atoms with Gasteiger partial charge >= 0.3 is 11.8 Å². The minimum absolute atomic E-state index is 0.222. The predicted molar refractivity (Wildman–Crippen MR) is 103 cm³/mol. The van der Waals surface area contributed by atoms with Crippen LogP contribution in [0.25, 0.3) is 0 Å². The number of nitrogens with two attached hydrogens (primary N) is 1. The van der Waals surface area contributed by atoms with Crippen molar-refractivity contribution in [1.82, 2.24) is 0 Å². The largest absolute Gasteiger partial charge is 0.399 e. The van der Waals surface area contributed by atoms with Crippen molar-refractivity contribution < 1.29 is 14.4 Å². The number of carbonyl (C=O) groups excluding carboxylic acids is 3. The lowest BCUT2D eigenvalue weighted by molar-refractivity contribution is -0.136. The second-order valence-electron chi connectivity index (χ2n) is 6.11. The van der Waals surface area contributed by atoms with Gasteiger partial charge in [-0.2, -0.15) is 0 Å². The minimum atomic E-state index is -0.956. The lowest BCUT2D eigenvalue weighted by atomic mass is 9.97. The lowest BCUT2D eigenvalue weighted by Gasteiger charge is -2.20. The zero-order chi connectivity index (χ0) is 19.3. The second kappa shape index (κ2) is 8.29. The van der Waals surface area contributed by atoms with E-state index in [0.717, 1.165) is 16.9 Å². The third-order valence-electron chi connectivity index (χ3n) is 4.19. The summed E-state index contributed by atoms with van der Waals surface area (Å²) in [5, 5.41) is 2.63. The van der Waals surface area contributed by atoms with Crippen LogP contribution >= 0.6 is 0 Å². The highest BCUT2D eigenvalue weighted by molar-refractivity contribution is 6.48. The van der Waals surface area contributed by atoms with E-state index >= 15 is 0 Å². The molecule has 0 aliphatic heterocycles. The molecule has 26 heavy (non-hydrogen) atoms. The van der Waals surface area contributed by atoms with Crippen LogP contribution in [0.5, 0.6) is 0 Å². The van der Waals surface area contributed by atoms with Gasteiger partial charge in [-0.15, -0.1) is 0 Å². The van der Waals surface area contributed by atoms with Crippen LogP contribution in [0.2, 0.25) is 0 Å². The molecular weight excluding hydrogens is 330 g/mol. The van der Waals surface area contributed by atoms with E-state index in [2.05, 4.69) is 5.32 Å². The van der Waals surface area contributed by atoms with Crippen LogP contribution in [0.3, 0.4) is 0 Å². The molecule has 2 aromatic carbocycles. The van der Waals surface area contributed by atoms with Crippen molar-refractivity contribution in [2.45, 2.75) is 33.1 Å². The second-order valence-corrected chi connectivity index (χ2v) is 6.11. The van der Waals surface area contributed by atoms with Gasteiger partial charge in [-0.25, -0.2) is 4.90 Å². The number of imide groups is 1. The minimum Gasteiger partial charge on any atom is -0.399 e. The Balaban J connectivity index is 2.28. The van der Waals surface area contributed by atoms with Gasteiger partial charge in [0.15, 0.2) is 0 Å². The van der Waals surface area contributed by atoms with Crippen molar-refractivity contribution in [1.29, 1.82) is 0 Å². The van der Waals surface area contributed by atoms with Gasteiger partial charge in [-0.1, -0.05) is 38.1 Å². The zero-order valence-corrected chi connectivity index (χ0v) is 15.2. The number of rotatable bonds is 4. The fourth-order valence-electron chi connectivity index (χ4n) is 2.64. The van der Waals surface area contributed by atoms with Gasteiger partial charge in [0.2, 0.25) is 5.91 Å². The van der Waals surface area contributed by atoms with Crippen molar-refractivity contribution in [2.24, 2.45) is 0 Å². The van der Waals surface area contributed by atoms with Gasteiger partial charge < -0.3 is 11.1 Å². The molecule has 1 atom stereocenters. The molecule has 0 heterocycles. The smallest absolute Gasteiger partial charge is 0.323 e. The molecule has 6 nitrogen and oxygen atoms in total. The summed E-state index contributed by atoms with van der Waals surface area (Å²) in [6, 6.07) is 13.6. The summed E-state index contributed by atoms with van der Waals surface area (Å²) in [5.41, 5.74) is 7.87. The molecule has 3 N–H and O–H groups in total. The van der Waals surface area contributed by atoms with Crippen LogP contribution in [0, 0.1) is 0 Å². The predicted octanol–water partition coefficient (Wildman–Crippen LogP) is 3.30. The van der Waals surface area contributed by atoms with Gasteiger partial charge in [-0.05, 0) is 42.2 Å². The molecule has 0 radical (unpaired) electrons. The summed E-state index contributed by atoms with van der Waals surface area (Å²) in [6.07, 6.45) is 0.893. The van der Waals surface area contributed by atoms with Crippen LogP contribution in [0.1, 0.15) is 38.7 Å². The van der Waals surface area contributed by atoms with Gasteiger partial charge in [0.05, 0.1) is 5.69 Å². The van der Waals surface area contributed by atoms with Crippen molar-refractivity contribution in [3.8, 4) is 0 Å². The van der Waals surface area contributed by atoms with Crippen LogP contribution in [-0.4, -0.2) is 17.7 Å². The number of para-hydroxylation sites is 1. The van der Waals surface area contributed by atoms with Crippen LogP contribution in [0.4, 0.5) is 17.1 Å². The Morgan fingerprint density at radius 1 is 1.12 bits per heavy atom. The third kappa shape index (κ3) is 4.27. The van der Waals surface area contributed by atoms with E-state index in [0.29, 0.717) is 11.4 Å². The third-order valence-corrected chi connectivity index (χ3v) is 4.19. The summed E-state index contributed by atoms with van der Waals surface area (Å²) >= 11 is 0. The van der Waals surface area contributed by atoms with Gasteiger partial charge in [0, 0.05) is 18.3 Å². The monoisotopic (exact) mass is 353 g/mol. The number of nitrogens with zero attached hydrogens (tertiary/aromatic N) is 1. The van der Waals surface area contributed by atoms with Gasteiger partial charge in [0.1, 0.15) is 0 Å². The average molecular weight is 353 g/mol. The molecule has 136 valence electrons. The van der Waals surface area contributed by atoms with Crippen molar-refractivity contribution in [2.75, 3.05) is 16.0 Å². The van der Waals surface area contributed by atoms with E-state index in [9.17, 15) is 14.4 Å². The zero-order valence-electron chi connectivity index (χ0n) is 15.2. The number of amides is 3. The first-order chi connectivity index (χ1) is 12.3. The maximum atomic E-state index is 12.6. The van der Waals surface area contributed by atoms with E-state index in [1.54, 1.807) is 30.3 Å². The van der Waals surface area contributed by atoms with Crippen molar-refractivity contribution in [3.63, 3.8) is 0 Å². The Morgan fingerprint density at radius 2 is 1.81 bits per heavy atom. The van der Waals surface area contributed by atoms with E-state index < -0.39 is 17.7 Å². The highest BCUT2D eigenvalue weighted by Crippen LogP contribution is 2.26. The molecule has 0 bridgehead atoms. The first-order valence-electron chi connectivity index (χ1n) is 8.45. The number of benzene rings is 2. The molecule has 2 aromatic rings. The molecule has 0 saturated heterocycles. The summed E-state index contributed by atoms with van der Waals surface area (Å²) in [6.45, 7) is 5.31. The summed E-state index contributed by atoms with van der Waals surface area (Å²) < 4.78 is 0. The first kappa shape index (κ1) is 19.2. The molecule has 0 spiro atoms. The molecule has 0 saturated carbocycles. The molecule has 0 aliphatic carbocycles. The fraction of sp³-hybridized carbons (Fsp3) is 0.250. The maximum absolute atomic E-state index is 12.6. The Bertz CT molecular complexity index is 833. The summed E-state index contributed by atoms with van der Waals surface area (Å²) in [4.78, 5) is 37.9. The Hall–Kier alpha value is -3.15. The number of carbonyl (C=O) groups is 3. The molecule has 0 aliphatic rings. The highest BCUT2D eigenvalue weighted by atomic mass is 16.2. The standard InChI is InChI=1S/C20H23N3O3/c1-4-13(2)17-10-5-6-11-18(17)22-19(25)20(26)23(14(3)24)16-9-7-8-15(21)12-16/h5-13H,4,21H2,1-3H3,(H,22,25). The molecular formula is C20H23N3O3. The van der Waals surface area contributed by atoms with Crippen molar-refractivity contribution in [3.05, 3.63) is 54.1 Å². The molecule has 0 aromatic heterocycles. The normalized spacial score (nSPS) is 11.5. The SMILES string of the molecule is CCC(C)c1ccccc1NC(=O)C(=O)N(C(C)=O)c1cccc(N)c1. The number of hydrogen-bond donors (Lipinski definition) is 2. The molecule has 0 fully saturated rings. The van der Waals surface area contributed by atoms with Crippen LogP contribution in [-0.2, 0) is 14.4 Å². The van der Waals surface area contributed by atoms with Gasteiger partial charge in [0.25, 0.3) is 0 Å². The fourth-order valence-corrected chi connectivity index (χ4v) is 2.64. The van der Waals surface area contributed by atoms with Crippen molar-refractivity contribution >= 4 is 34.8 Å². The topological polar surface area (TPSA) is 92.5 Å². The van der Waals surface area contributed by atoms with Crippen LogP contribution in [0.15, 0.2) is 48.5 Å². The number of anilines is 3. The highest BCUT2D eigenvalue weighted by Gasteiger charge is 2.27. The first-order valence-corrected chi connectivity index (χ1v) is 8.45. The van der Waals surface area contributed by atoms with E-state index in [1.807, 2.05) is 26.0 Å². The molecule has 3 amide bonds. The Labute approximate surface area is 153 Å². The van der Waals surface area contributed by atoms with E-state index in [1.165, 1.54) is 13.0 Å². The van der Waals surface area contributed by atoms with E-state index in [4.69, 9.17) is 5.73 Å². The molecule has 1 unspecified atom stereocenters. The summed E-state index contributed by atoms with van der Waals surface area (Å²) in [5.74, 6) is -2.18. The maximum Gasteiger partial charge on any atom is 0.323 e. The summed E-state index contributed by atoms with van der Waals surface area (Å²) in [7, 11) is 0. The Kier molecular flexibility index (Phi) is 6.11. The Morgan fingerprint density at radius 3 is 2.42 bits per heavy atom. The lowest BCUT2D eigenvalue weighted by Crippen LogP contribution is -2.42. The number of nitrogens with one attached hydrogen (secondary N) is 1. The van der Waals surface area contributed by atoms with Gasteiger partial charge in [-0.3, -0.25) is 14.4 Å². The van der Waals surface area contributed by atoms with Crippen LogP contribution < -0.4 is 16.0 Å². The number of nitrogen functional groups attached to an aromatic ring is 1. The number of hydrogen-bond acceptors (Lipinski definition) is 4. The quantitative estimate of drug-likeness (QED) is 0.651. The molecule has 2 rings (SSSR count). The molecule has 6 heteroatoms.